The van der Waals surface area contributed by atoms with Crippen molar-refractivity contribution < 1.29 is 4.42 Å². The SMILES string of the molecule is c1ccc(-c2c(-c3c4ccccc4c(-c4cccc5ccccc45)c4ccccc34)oc3cc4c(cc23)sc2ccccc24)cc1. The van der Waals surface area contributed by atoms with Crippen molar-refractivity contribution in [3.8, 4) is 33.6 Å². The molecule has 0 unspecified atom stereocenters. The molecule has 0 bridgehead atoms. The van der Waals surface area contributed by atoms with E-state index in [2.05, 4.69) is 158 Å². The van der Waals surface area contributed by atoms with Gasteiger partial charge in [-0.25, -0.2) is 0 Å². The van der Waals surface area contributed by atoms with Crippen LogP contribution in [0.3, 0.4) is 0 Å². The molecule has 10 rings (SSSR count). The normalized spacial score (nSPS) is 11.9. The molecule has 0 saturated carbocycles. The maximum Gasteiger partial charge on any atom is 0.144 e. The molecule has 0 radical (unpaired) electrons. The molecule has 0 aliphatic rings. The Kier molecular flexibility index (Phi) is 5.51. The third kappa shape index (κ3) is 3.68. The lowest BCUT2D eigenvalue weighted by Crippen LogP contribution is -1.92. The first-order chi connectivity index (χ1) is 22.8. The number of hydrogen-bond donors (Lipinski definition) is 0. The Hall–Kier alpha value is -5.70. The van der Waals surface area contributed by atoms with Crippen LogP contribution in [0.1, 0.15) is 0 Å². The summed E-state index contributed by atoms with van der Waals surface area (Å²) in [6.45, 7) is 0. The van der Waals surface area contributed by atoms with E-state index in [1.807, 2.05) is 11.3 Å². The maximum absolute atomic E-state index is 7.10. The molecule has 0 spiro atoms. The summed E-state index contributed by atoms with van der Waals surface area (Å²) in [5.41, 5.74) is 6.86. The molecule has 10 aromatic rings. The predicted octanol–water partition coefficient (Wildman–Crippen LogP) is 13.3. The van der Waals surface area contributed by atoms with Crippen LogP contribution in [0.5, 0.6) is 0 Å². The summed E-state index contributed by atoms with van der Waals surface area (Å²) in [5, 5.41) is 11.0. The summed E-state index contributed by atoms with van der Waals surface area (Å²) in [6.07, 6.45) is 0. The van der Waals surface area contributed by atoms with Crippen LogP contribution in [0.2, 0.25) is 0 Å². The summed E-state index contributed by atoms with van der Waals surface area (Å²) < 4.78 is 9.68. The molecule has 0 N–H and O–H groups in total. The number of thiophene rings is 1. The van der Waals surface area contributed by atoms with E-state index in [-0.39, 0.29) is 0 Å². The molecule has 2 aromatic heterocycles. The summed E-state index contributed by atoms with van der Waals surface area (Å²) in [5.74, 6) is 0.917. The van der Waals surface area contributed by atoms with Crippen molar-refractivity contribution >= 4 is 74.8 Å². The second-order valence-corrected chi connectivity index (χ2v) is 13.1. The molecular weight excluding hydrogens is 577 g/mol. The van der Waals surface area contributed by atoms with Gasteiger partial charge in [0.05, 0.1) is 0 Å². The molecule has 0 atom stereocenters. The summed E-state index contributed by atoms with van der Waals surface area (Å²) in [4.78, 5) is 0. The molecule has 2 heterocycles. The summed E-state index contributed by atoms with van der Waals surface area (Å²) >= 11 is 1.85. The molecule has 0 saturated heterocycles. The van der Waals surface area contributed by atoms with Gasteiger partial charge in [0, 0.05) is 36.7 Å². The van der Waals surface area contributed by atoms with Gasteiger partial charge in [0.2, 0.25) is 0 Å². The predicted molar refractivity (Wildman–Crippen MR) is 198 cm³/mol. The lowest BCUT2D eigenvalue weighted by Gasteiger charge is -2.18. The van der Waals surface area contributed by atoms with E-state index < -0.39 is 0 Å². The molecule has 2 heteroatoms. The first-order valence-electron chi connectivity index (χ1n) is 15.7. The third-order valence-electron chi connectivity index (χ3n) is 9.47. The second-order valence-electron chi connectivity index (χ2n) is 12.0. The number of rotatable bonds is 3. The molecule has 8 aromatic carbocycles. The highest BCUT2D eigenvalue weighted by Gasteiger charge is 2.25. The van der Waals surface area contributed by atoms with Crippen LogP contribution in [0.15, 0.2) is 162 Å². The van der Waals surface area contributed by atoms with Crippen molar-refractivity contribution in [3.05, 3.63) is 158 Å². The van der Waals surface area contributed by atoms with Crippen LogP contribution < -0.4 is 0 Å². The van der Waals surface area contributed by atoms with Crippen LogP contribution in [-0.4, -0.2) is 0 Å². The van der Waals surface area contributed by atoms with Gasteiger partial charge in [-0.05, 0) is 67.2 Å². The van der Waals surface area contributed by atoms with Crippen molar-refractivity contribution in [2.24, 2.45) is 0 Å². The van der Waals surface area contributed by atoms with Gasteiger partial charge in [-0.1, -0.05) is 140 Å². The summed E-state index contributed by atoms with van der Waals surface area (Å²) in [7, 11) is 0. The molecule has 0 aliphatic heterocycles. The van der Waals surface area contributed by atoms with E-state index in [0.29, 0.717) is 0 Å². The topological polar surface area (TPSA) is 13.1 Å². The van der Waals surface area contributed by atoms with Crippen LogP contribution in [0.4, 0.5) is 0 Å². The third-order valence-corrected chi connectivity index (χ3v) is 10.6. The molecule has 0 amide bonds. The maximum atomic E-state index is 7.10. The zero-order valence-electron chi connectivity index (χ0n) is 24.8. The van der Waals surface area contributed by atoms with Crippen LogP contribution >= 0.6 is 11.3 Å². The van der Waals surface area contributed by atoms with Gasteiger partial charge in [0.25, 0.3) is 0 Å². The highest BCUT2D eigenvalue weighted by Crippen LogP contribution is 2.50. The Labute approximate surface area is 269 Å². The van der Waals surface area contributed by atoms with E-state index in [0.717, 1.165) is 33.4 Å². The molecule has 0 fully saturated rings. The monoisotopic (exact) mass is 602 g/mol. The van der Waals surface area contributed by atoms with Gasteiger partial charge in [0.15, 0.2) is 0 Å². The Balaban J connectivity index is 1.37. The molecule has 0 aliphatic carbocycles. The fourth-order valence-corrected chi connectivity index (χ4v) is 8.62. The minimum atomic E-state index is 0.913. The van der Waals surface area contributed by atoms with Crippen molar-refractivity contribution in [3.63, 3.8) is 0 Å². The Bertz CT molecular complexity index is 2740. The van der Waals surface area contributed by atoms with E-state index in [4.69, 9.17) is 4.42 Å². The Morgan fingerprint density at radius 3 is 1.70 bits per heavy atom. The van der Waals surface area contributed by atoms with E-state index in [1.54, 1.807) is 0 Å². The van der Waals surface area contributed by atoms with Crippen molar-refractivity contribution in [1.82, 2.24) is 0 Å². The first kappa shape index (κ1) is 25.6. The first-order valence-corrected chi connectivity index (χ1v) is 16.5. The Morgan fingerprint density at radius 2 is 0.957 bits per heavy atom. The molecule has 1 nitrogen and oxygen atoms in total. The number of furan rings is 1. The quantitative estimate of drug-likeness (QED) is 0.183. The number of benzene rings is 8. The van der Waals surface area contributed by atoms with Crippen molar-refractivity contribution in [1.29, 1.82) is 0 Å². The lowest BCUT2D eigenvalue weighted by molar-refractivity contribution is 0.634. The average Bonchev–Trinajstić information content (AvgIpc) is 3.67. The Morgan fingerprint density at radius 1 is 0.370 bits per heavy atom. The highest BCUT2D eigenvalue weighted by molar-refractivity contribution is 7.25. The fraction of sp³-hybridized carbons (Fsp3) is 0. The van der Waals surface area contributed by atoms with E-state index in [9.17, 15) is 0 Å². The largest absolute Gasteiger partial charge is 0.455 e. The minimum Gasteiger partial charge on any atom is -0.455 e. The van der Waals surface area contributed by atoms with Crippen molar-refractivity contribution in [2.45, 2.75) is 0 Å². The van der Waals surface area contributed by atoms with Crippen LogP contribution in [-0.2, 0) is 0 Å². The average molecular weight is 603 g/mol. The van der Waals surface area contributed by atoms with Gasteiger partial charge in [-0.15, -0.1) is 11.3 Å². The molecular formula is C44H26OS. The number of hydrogen-bond acceptors (Lipinski definition) is 2. The van der Waals surface area contributed by atoms with Gasteiger partial charge < -0.3 is 4.42 Å². The molecule has 214 valence electrons. The van der Waals surface area contributed by atoms with Crippen molar-refractivity contribution in [2.75, 3.05) is 0 Å². The van der Waals surface area contributed by atoms with E-state index in [1.165, 1.54) is 63.6 Å². The lowest BCUT2D eigenvalue weighted by atomic mass is 9.85. The smallest absolute Gasteiger partial charge is 0.144 e. The van der Waals surface area contributed by atoms with Gasteiger partial charge in [0.1, 0.15) is 11.3 Å². The van der Waals surface area contributed by atoms with Crippen LogP contribution in [0.25, 0.3) is 97.0 Å². The highest BCUT2D eigenvalue weighted by atomic mass is 32.1. The van der Waals surface area contributed by atoms with E-state index >= 15 is 0 Å². The van der Waals surface area contributed by atoms with Crippen LogP contribution in [0, 0.1) is 0 Å². The summed E-state index contributed by atoms with van der Waals surface area (Å²) in [6, 6.07) is 57.0. The zero-order valence-corrected chi connectivity index (χ0v) is 25.6. The van der Waals surface area contributed by atoms with Gasteiger partial charge >= 0.3 is 0 Å². The zero-order chi connectivity index (χ0) is 30.2. The second kappa shape index (κ2) is 9.90. The van der Waals surface area contributed by atoms with Gasteiger partial charge in [-0.3, -0.25) is 0 Å². The molecule has 46 heavy (non-hydrogen) atoms. The van der Waals surface area contributed by atoms with Gasteiger partial charge in [-0.2, -0.15) is 0 Å². The minimum absolute atomic E-state index is 0.913. The number of fused-ring (bicyclic) bond motifs is 7. The fourth-order valence-electron chi connectivity index (χ4n) is 7.49. The standard InChI is InChI=1S/C44H26OS/c1-2-14-28(15-3-1)41-37-26-40-36(30-18-10-11-24-39(30)46-40)25-38(37)45-44(41)43-34-21-8-6-19-32(34)42(33-20-7-9-22-35(33)43)31-23-12-16-27-13-4-5-17-29(27)31/h1-26H.